The quantitative estimate of drug-likeness (QED) is 0.364. The molecule has 1 unspecified atom stereocenters. The Morgan fingerprint density at radius 1 is 1.22 bits per heavy atom. The molecule has 1 aliphatic rings. The van der Waals surface area contributed by atoms with Crippen LogP contribution in [0, 0.1) is 5.92 Å². The Labute approximate surface area is 222 Å². The van der Waals surface area contributed by atoms with Gasteiger partial charge in [-0.2, -0.15) is 5.10 Å². The summed E-state index contributed by atoms with van der Waals surface area (Å²) >= 11 is 0. The summed E-state index contributed by atoms with van der Waals surface area (Å²) in [6.07, 6.45) is 2.57. The molecule has 1 aliphatic carbocycles. The maximum Gasteiger partial charge on any atom is 0.408 e. The molecule has 0 aromatic carbocycles. The summed E-state index contributed by atoms with van der Waals surface area (Å²) in [6, 6.07) is 0.694. The SMILES string of the molecule is C[C@H](N[S@@+]([O-])[S+]([O-])C(C)(C)C)c1cnn2cc([C@@H](NC(=O)OC(C)(C)C)C3CCC(F)(F)CC3)nc2c1. The number of carbonyl (C=O) groups excluding carboxylic acids is 1. The largest absolute Gasteiger partial charge is 0.569 e. The lowest BCUT2D eigenvalue weighted by Crippen LogP contribution is -2.42. The smallest absolute Gasteiger partial charge is 0.408 e. The molecule has 0 spiro atoms. The number of carbonyl (C=O) groups is 1. The lowest BCUT2D eigenvalue weighted by Gasteiger charge is -2.33. The van der Waals surface area contributed by atoms with Gasteiger partial charge in [0.15, 0.2) is 20.6 Å². The molecular weight excluding hydrogens is 524 g/mol. The zero-order valence-electron chi connectivity index (χ0n) is 22.3. The summed E-state index contributed by atoms with van der Waals surface area (Å²) in [4.78, 5) is 17.3. The molecule has 0 bridgehead atoms. The van der Waals surface area contributed by atoms with Crippen molar-refractivity contribution in [3.8, 4) is 0 Å². The van der Waals surface area contributed by atoms with Crippen LogP contribution in [0.1, 0.15) is 97.5 Å². The van der Waals surface area contributed by atoms with Crippen molar-refractivity contribution in [3.63, 3.8) is 0 Å². The van der Waals surface area contributed by atoms with Crippen molar-refractivity contribution >= 4 is 32.3 Å². The van der Waals surface area contributed by atoms with Crippen LogP contribution in [0.5, 0.6) is 0 Å². The van der Waals surface area contributed by atoms with Crippen molar-refractivity contribution in [3.05, 3.63) is 29.7 Å². The summed E-state index contributed by atoms with van der Waals surface area (Å²) in [5, 5.41) is 7.23. The third-order valence-corrected chi connectivity index (χ3v) is 10.4. The third kappa shape index (κ3) is 8.16. The van der Waals surface area contributed by atoms with Gasteiger partial charge in [-0.15, -0.1) is 0 Å². The van der Waals surface area contributed by atoms with Crippen molar-refractivity contribution in [2.75, 3.05) is 0 Å². The van der Waals surface area contributed by atoms with Crippen LogP contribution in [0.4, 0.5) is 13.6 Å². The predicted molar refractivity (Wildman–Crippen MR) is 140 cm³/mol. The highest BCUT2D eigenvalue weighted by atomic mass is 33.2. The van der Waals surface area contributed by atoms with E-state index < -0.39 is 55.0 Å². The molecule has 2 heterocycles. The van der Waals surface area contributed by atoms with Crippen LogP contribution in [0.25, 0.3) is 5.65 Å². The number of amides is 1. The monoisotopic (exact) mass is 561 g/mol. The van der Waals surface area contributed by atoms with Crippen LogP contribution in [-0.4, -0.2) is 46.1 Å². The van der Waals surface area contributed by atoms with E-state index in [0.29, 0.717) is 16.9 Å². The maximum atomic E-state index is 13.8. The Kier molecular flexibility index (Phi) is 9.05. The standard InChI is InChI=1S/C24H37F2N5O4S2/c1-15(30-37(34)36(33)23(5,6)7)17-12-19-28-18(14-31(19)27-13-17)20(29-21(32)35-22(2,3)4)16-8-10-24(25,26)11-9-16/h12-16,20,30H,8-11H2,1-7H3,(H,29,32)/t15-,20-,36?,37-/m0/s1. The molecule has 0 radical (unpaired) electrons. The van der Waals surface area contributed by atoms with E-state index in [1.165, 1.54) is 4.52 Å². The predicted octanol–water partition coefficient (Wildman–Crippen LogP) is 4.90. The number of hydrogen-bond acceptors (Lipinski definition) is 7. The number of rotatable bonds is 7. The van der Waals surface area contributed by atoms with Gasteiger partial charge in [0, 0.05) is 12.8 Å². The van der Waals surface area contributed by atoms with E-state index in [1.807, 2.05) is 0 Å². The molecule has 1 saturated carbocycles. The van der Waals surface area contributed by atoms with Gasteiger partial charge in [-0.3, -0.25) is 0 Å². The highest BCUT2D eigenvalue weighted by molar-refractivity contribution is 8.66. The summed E-state index contributed by atoms with van der Waals surface area (Å²) in [7, 11) is -3.39. The summed E-state index contributed by atoms with van der Waals surface area (Å²) < 4.78 is 61.8. The molecule has 13 heteroatoms. The van der Waals surface area contributed by atoms with E-state index in [0.717, 1.165) is 0 Å². The van der Waals surface area contributed by atoms with Crippen LogP contribution in [0.15, 0.2) is 18.5 Å². The number of alkyl carbamates (subject to hydrolysis) is 1. The minimum atomic E-state index is -2.71. The topological polar surface area (TPSA) is 127 Å². The van der Waals surface area contributed by atoms with E-state index in [2.05, 4.69) is 20.1 Å². The first kappa shape index (κ1) is 29.9. The maximum absolute atomic E-state index is 13.8. The van der Waals surface area contributed by atoms with Gasteiger partial charge in [-0.1, -0.05) is 4.72 Å². The number of alkyl halides is 2. The Balaban J connectivity index is 1.84. The van der Waals surface area contributed by atoms with E-state index in [1.54, 1.807) is 66.9 Å². The fraction of sp³-hybridized carbons (Fsp3) is 0.708. The summed E-state index contributed by atoms with van der Waals surface area (Å²) in [5.41, 5.74) is 0.923. The number of ether oxygens (including phenoxy) is 1. The van der Waals surface area contributed by atoms with Crippen molar-refractivity contribution in [2.24, 2.45) is 5.92 Å². The van der Waals surface area contributed by atoms with Gasteiger partial charge in [-0.25, -0.2) is 23.1 Å². The van der Waals surface area contributed by atoms with Crippen LogP contribution < -0.4 is 10.0 Å². The molecule has 1 amide bonds. The number of hydrogen-bond donors (Lipinski definition) is 2. The molecule has 4 atom stereocenters. The lowest BCUT2D eigenvalue weighted by atomic mass is 9.81. The number of halogens is 2. The first-order valence-electron chi connectivity index (χ1n) is 12.3. The molecular formula is C24H37F2N5O4S2. The molecule has 0 saturated heterocycles. The van der Waals surface area contributed by atoms with Gasteiger partial charge >= 0.3 is 6.09 Å². The van der Waals surface area contributed by atoms with Gasteiger partial charge in [-0.05, 0) is 78.9 Å². The molecule has 2 aromatic rings. The van der Waals surface area contributed by atoms with Crippen LogP contribution >= 0.6 is 0 Å². The first-order valence-corrected chi connectivity index (χ1v) is 15.1. The van der Waals surface area contributed by atoms with Crippen LogP contribution in [-0.2, 0) is 25.3 Å². The van der Waals surface area contributed by atoms with E-state index in [9.17, 15) is 22.7 Å². The minimum Gasteiger partial charge on any atom is -0.569 e. The highest BCUT2D eigenvalue weighted by Gasteiger charge is 2.41. The van der Waals surface area contributed by atoms with Crippen molar-refractivity contribution in [1.82, 2.24) is 24.6 Å². The zero-order chi connectivity index (χ0) is 27.8. The molecule has 1 fully saturated rings. The normalized spacial score (nSPS) is 20.3. The van der Waals surface area contributed by atoms with Gasteiger partial charge < -0.3 is 19.2 Å². The molecule has 2 N–H and O–H groups in total. The highest BCUT2D eigenvalue weighted by Crippen LogP contribution is 2.41. The Morgan fingerprint density at radius 2 is 1.84 bits per heavy atom. The average molecular weight is 562 g/mol. The zero-order valence-corrected chi connectivity index (χ0v) is 24.0. The van der Waals surface area contributed by atoms with Gasteiger partial charge in [0.25, 0.3) is 10.4 Å². The Morgan fingerprint density at radius 3 is 2.41 bits per heavy atom. The van der Waals surface area contributed by atoms with Crippen molar-refractivity contribution in [2.45, 2.75) is 103 Å². The van der Waals surface area contributed by atoms with E-state index in [4.69, 9.17) is 4.74 Å². The summed E-state index contributed by atoms with van der Waals surface area (Å²) in [5.74, 6) is -2.95. The van der Waals surface area contributed by atoms with E-state index >= 15 is 0 Å². The lowest BCUT2D eigenvalue weighted by molar-refractivity contribution is -0.0500. The number of fused-ring (bicyclic) bond motifs is 1. The number of imidazole rings is 1. The second-order valence-corrected chi connectivity index (χ2v) is 15.7. The molecule has 0 aliphatic heterocycles. The van der Waals surface area contributed by atoms with Crippen molar-refractivity contribution in [1.29, 1.82) is 0 Å². The molecule has 37 heavy (non-hydrogen) atoms. The van der Waals surface area contributed by atoms with Gasteiger partial charge in [0.1, 0.15) is 5.60 Å². The fourth-order valence-corrected chi connectivity index (χ4v) is 7.07. The van der Waals surface area contributed by atoms with Gasteiger partial charge in [0.2, 0.25) is 5.92 Å². The van der Waals surface area contributed by atoms with Crippen LogP contribution in [0.3, 0.4) is 0 Å². The Bertz CT molecular complexity index is 1080. The number of nitrogens with one attached hydrogen (secondary N) is 2. The first-order chi connectivity index (χ1) is 16.9. The molecule has 3 rings (SSSR count). The molecule has 9 nitrogen and oxygen atoms in total. The molecule has 2 aromatic heterocycles. The fourth-order valence-electron chi connectivity index (χ4n) is 4.04. The third-order valence-electron chi connectivity index (χ3n) is 5.99. The second-order valence-electron chi connectivity index (χ2n) is 11.5. The number of nitrogens with zero attached hydrogens (tertiary/aromatic N) is 3. The molecule has 208 valence electrons. The average Bonchev–Trinajstić information content (AvgIpc) is 3.18. The van der Waals surface area contributed by atoms with Crippen LogP contribution in [0.2, 0.25) is 0 Å². The second kappa shape index (κ2) is 11.2. The van der Waals surface area contributed by atoms with E-state index in [-0.39, 0.29) is 31.6 Å². The summed E-state index contributed by atoms with van der Waals surface area (Å²) in [6.45, 7) is 12.3. The number of aromatic nitrogens is 3. The van der Waals surface area contributed by atoms with Gasteiger partial charge in [0.05, 0.1) is 30.2 Å². The Hall–Kier alpha value is -1.67. The van der Waals surface area contributed by atoms with Crippen molar-refractivity contribution < 1.29 is 27.4 Å². The minimum absolute atomic E-state index is 0.234.